The summed E-state index contributed by atoms with van der Waals surface area (Å²) in [5.74, 6) is 0. The lowest BCUT2D eigenvalue weighted by atomic mass is 10.2. The molecule has 0 saturated carbocycles. The Morgan fingerprint density at radius 1 is 1.00 bits per heavy atom. The van der Waals surface area contributed by atoms with Crippen molar-refractivity contribution in [3.05, 3.63) is 70.9 Å². The number of rotatable bonds is 5. The first kappa shape index (κ1) is 13.2. The fourth-order valence-electron chi connectivity index (χ4n) is 2.07. The van der Waals surface area contributed by atoms with Gasteiger partial charge in [-0.3, -0.25) is 4.84 Å². The minimum absolute atomic E-state index is 0.405. The molecule has 0 radical (unpaired) electrons. The summed E-state index contributed by atoms with van der Waals surface area (Å²) < 4.78 is 5.48. The molecule has 1 N–H and O–H groups in total. The molecule has 3 rings (SSSR count). The molecule has 20 heavy (non-hydrogen) atoms. The van der Waals surface area contributed by atoms with Gasteiger partial charge in [0, 0.05) is 10.9 Å². The highest BCUT2D eigenvalue weighted by atomic mass is 35.5. The summed E-state index contributed by atoms with van der Waals surface area (Å²) in [6.45, 7) is 1.01. The van der Waals surface area contributed by atoms with Crippen molar-refractivity contribution in [2.45, 2.75) is 13.2 Å². The molecule has 3 nitrogen and oxygen atoms in total. The van der Waals surface area contributed by atoms with E-state index in [9.17, 15) is 0 Å². The average Bonchev–Trinajstić information content (AvgIpc) is 2.80. The summed E-state index contributed by atoms with van der Waals surface area (Å²) in [6.07, 6.45) is 0. The Hall–Kier alpha value is -1.81. The van der Waals surface area contributed by atoms with Gasteiger partial charge in [-0.25, -0.2) is 0 Å². The smallest absolute Gasteiger partial charge is 0.199 e. The van der Waals surface area contributed by atoms with Crippen molar-refractivity contribution >= 4 is 22.6 Å². The molecular formula is C16H14ClNO2. The number of hydroxylamine groups is 1. The molecule has 0 aliphatic carbocycles. The summed E-state index contributed by atoms with van der Waals surface area (Å²) in [6, 6.07) is 17.7. The molecule has 0 saturated heterocycles. The molecule has 0 aliphatic rings. The van der Waals surface area contributed by atoms with Gasteiger partial charge in [0.2, 0.25) is 0 Å². The van der Waals surface area contributed by atoms with Crippen LogP contribution < -0.4 is 5.48 Å². The number of furan rings is 1. The first-order valence-corrected chi connectivity index (χ1v) is 6.77. The molecule has 3 aromatic rings. The Bertz CT molecular complexity index is 694. The van der Waals surface area contributed by atoms with Crippen LogP contribution in [-0.4, -0.2) is 0 Å². The fourth-order valence-corrected chi connectivity index (χ4v) is 2.32. The second-order valence-corrected chi connectivity index (χ2v) is 4.79. The Morgan fingerprint density at radius 3 is 2.60 bits per heavy atom. The summed E-state index contributed by atoms with van der Waals surface area (Å²) >= 11 is 6.10. The van der Waals surface area contributed by atoms with Crippen LogP contribution in [0.1, 0.15) is 11.1 Å². The van der Waals surface area contributed by atoms with E-state index in [-0.39, 0.29) is 0 Å². The van der Waals surface area contributed by atoms with E-state index in [2.05, 4.69) is 5.48 Å². The molecule has 0 amide bonds. The predicted octanol–water partition coefficient (Wildman–Crippen LogP) is 4.31. The number of hydrogen-bond donors (Lipinski definition) is 1. The van der Waals surface area contributed by atoms with Gasteiger partial charge >= 0.3 is 0 Å². The molecule has 0 spiro atoms. The lowest BCUT2D eigenvalue weighted by Crippen LogP contribution is -2.13. The van der Waals surface area contributed by atoms with Crippen LogP contribution >= 0.6 is 11.6 Å². The normalized spacial score (nSPS) is 11.1. The van der Waals surface area contributed by atoms with Gasteiger partial charge < -0.3 is 4.42 Å². The van der Waals surface area contributed by atoms with Gasteiger partial charge in [-0.05, 0) is 23.2 Å². The molecular weight excluding hydrogens is 274 g/mol. The van der Waals surface area contributed by atoms with Crippen LogP contribution in [0, 0.1) is 0 Å². The molecule has 102 valence electrons. The van der Waals surface area contributed by atoms with Gasteiger partial charge in [0.25, 0.3) is 0 Å². The van der Waals surface area contributed by atoms with Gasteiger partial charge in [0.05, 0.1) is 13.2 Å². The Kier molecular flexibility index (Phi) is 4.02. The first-order chi connectivity index (χ1) is 9.84. The topological polar surface area (TPSA) is 34.4 Å². The zero-order chi connectivity index (χ0) is 13.8. The highest BCUT2D eigenvalue weighted by Gasteiger charge is 2.11. The maximum atomic E-state index is 6.10. The van der Waals surface area contributed by atoms with E-state index in [1.54, 1.807) is 0 Å². The van der Waals surface area contributed by atoms with E-state index in [1.807, 2.05) is 54.6 Å². The first-order valence-electron chi connectivity index (χ1n) is 6.39. The molecule has 0 atom stereocenters. The average molecular weight is 288 g/mol. The summed E-state index contributed by atoms with van der Waals surface area (Å²) in [5, 5.41) is 1.41. The Morgan fingerprint density at radius 2 is 1.75 bits per heavy atom. The summed E-state index contributed by atoms with van der Waals surface area (Å²) in [4.78, 5) is 5.45. The Balaban J connectivity index is 1.61. The molecule has 0 unspecified atom stereocenters. The van der Waals surface area contributed by atoms with Crippen LogP contribution in [0.25, 0.3) is 11.0 Å². The van der Waals surface area contributed by atoms with Gasteiger partial charge in [0.15, 0.2) is 5.22 Å². The number of fused-ring (bicyclic) bond motifs is 1. The third kappa shape index (κ3) is 2.85. The zero-order valence-corrected chi connectivity index (χ0v) is 11.6. The maximum absolute atomic E-state index is 6.10. The van der Waals surface area contributed by atoms with Gasteiger partial charge in [-0.2, -0.15) is 5.48 Å². The number of nitrogens with one attached hydrogen (secondary N) is 1. The minimum atomic E-state index is 0.405. The van der Waals surface area contributed by atoms with E-state index in [0.29, 0.717) is 18.4 Å². The number of para-hydroxylation sites is 1. The largest absolute Gasteiger partial charge is 0.444 e. The molecule has 0 aliphatic heterocycles. The molecule has 1 aromatic heterocycles. The molecule has 0 bridgehead atoms. The minimum Gasteiger partial charge on any atom is -0.444 e. The predicted molar refractivity (Wildman–Crippen MR) is 79.3 cm³/mol. The number of hydrogen-bond acceptors (Lipinski definition) is 3. The summed E-state index contributed by atoms with van der Waals surface area (Å²) in [7, 11) is 0. The van der Waals surface area contributed by atoms with Crippen molar-refractivity contribution in [3.8, 4) is 0 Å². The third-order valence-corrected chi connectivity index (χ3v) is 3.39. The molecule has 2 aromatic carbocycles. The second-order valence-electron chi connectivity index (χ2n) is 4.45. The highest BCUT2D eigenvalue weighted by molar-refractivity contribution is 6.30. The van der Waals surface area contributed by atoms with Crippen molar-refractivity contribution in [3.63, 3.8) is 0 Å². The second kappa shape index (κ2) is 6.09. The number of halogens is 1. The molecule has 1 heterocycles. The zero-order valence-electron chi connectivity index (χ0n) is 10.8. The highest BCUT2D eigenvalue weighted by Crippen LogP contribution is 2.29. The number of benzene rings is 2. The fraction of sp³-hybridized carbons (Fsp3) is 0.125. The third-order valence-electron chi connectivity index (χ3n) is 3.08. The van der Waals surface area contributed by atoms with Crippen molar-refractivity contribution in [2.75, 3.05) is 0 Å². The summed E-state index contributed by atoms with van der Waals surface area (Å²) in [5.41, 5.74) is 5.74. The lowest BCUT2D eigenvalue weighted by Gasteiger charge is -2.05. The van der Waals surface area contributed by atoms with E-state index in [4.69, 9.17) is 20.9 Å². The van der Waals surface area contributed by atoms with Crippen LogP contribution in [0.4, 0.5) is 0 Å². The van der Waals surface area contributed by atoms with Crippen molar-refractivity contribution in [1.29, 1.82) is 0 Å². The van der Waals surface area contributed by atoms with E-state index in [0.717, 1.165) is 22.1 Å². The van der Waals surface area contributed by atoms with Crippen LogP contribution in [-0.2, 0) is 18.0 Å². The molecule has 0 fully saturated rings. The van der Waals surface area contributed by atoms with Gasteiger partial charge in [-0.15, -0.1) is 0 Å². The van der Waals surface area contributed by atoms with Crippen LogP contribution in [0.3, 0.4) is 0 Å². The van der Waals surface area contributed by atoms with Gasteiger partial charge in [0.1, 0.15) is 5.58 Å². The van der Waals surface area contributed by atoms with Crippen LogP contribution in [0.5, 0.6) is 0 Å². The van der Waals surface area contributed by atoms with Crippen molar-refractivity contribution in [1.82, 2.24) is 5.48 Å². The standard InChI is InChI=1S/C16H14ClNO2/c17-16-14(13-8-4-5-9-15(13)20-16)10-18-19-11-12-6-2-1-3-7-12/h1-9,18H,10-11H2. The van der Waals surface area contributed by atoms with Crippen LogP contribution in [0.2, 0.25) is 5.22 Å². The maximum Gasteiger partial charge on any atom is 0.199 e. The van der Waals surface area contributed by atoms with E-state index in [1.165, 1.54) is 0 Å². The van der Waals surface area contributed by atoms with Gasteiger partial charge in [-0.1, -0.05) is 48.5 Å². The van der Waals surface area contributed by atoms with Crippen LogP contribution in [0.15, 0.2) is 59.0 Å². The van der Waals surface area contributed by atoms with E-state index < -0.39 is 0 Å². The van der Waals surface area contributed by atoms with Crippen molar-refractivity contribution < 1.29 is 9.25 Å². The quantitative estimate of drug-likeness (QED) is 0.561. The molecule has 4 heteroatoms. The monoisotopic (exact) mass is 287 g/mol. The lowest BCUT2D eigenvalue weighted by molar-refractivity contribution is 0.0236. The SMILES string of the molecule is Clc1oc2ccccc2c1CNOCc1ccccc1. The van der Waals surface area contributed by atoms with Crippen molar-refractivity contribution in [2.24, 2.45) is 0 Å². The van der Waals surface area contributed by atoms with E-state index >= 15 is 0 Å². The Labute approximate surface area is 122 Å².